The maximum absolute atomic E-state index is 14.1. The summed E-state index contributed by atoms with van der Waals surface area (Å²) >= 11 is 0. The van der Waals surface area contributed by atoms with Crippen LogP contribution in [-0.4, -0.2) is 6.11 Å². The zero-order chi connectivity index (χ0) is 17.4. The highest BCUT2D eigenvalue weighted by molar-refractivity contribution is 5.22. The first-order valence-electron chi connectivity index (χ1n) is 9.25. The summed E-state index contributed by atoms with van der Waals surface area (Å²) < 4.78 is 33.2. The first kappa shape index (κ1) is 19.1. The molecule has 0 spiro atoms. The number of benzene rings is 1. The maximum Gasteiger partial charge on any atom is 0.356 e. The van der Waals surface area contributed by atoms with E-state index in [1.54, 1.807) is 0 Å². The number of aryl methyl sites for hydroxylation is 1. The highest BCUT2D eigenvalue weighted by atomic mass is 19.3. The normalized spacial score (nSPS) is 22.2. The van der Waals surface area contributed by atoms with E-state index in [4.69, 9.17) is 4.74 Å². The van der Waals surface area contributed by atoms with Crippen molar-refractivity contribution in [3.63, 3.8) is 0 Å². The van der Waals surface area contributed by atoms with E-state index < -0.39 is 6.11 Å². The molecule has 0 atom stereocenters. The standard InChI is InChI=1S/C21H30F2O/c1-3-5-17-7-11-19(12-8-17)15-21(22,23)24-16-20-13-9-18(6-4-2)10-14-20/h3,5,9-10,13-14,17,19H,4,6-8,11-12,15-16H2,1-2H3/b5-3+/t17-,19-. The smallest absolute Gasteiger partial charge is 0.316 e. The van der Waals surface area contributed by atoms with Crippen LogP contribution in [0.2, 0.25) is 0 Å². The van der Waals surface area contributed by atoms with Gasteiger partial charge in [0.15, 0.2) is 0 Å². The molecule has 0 aromatic heterocycles. The van der Waals surface area contributed by atoms with Gasteiger partial charge in [0.2, 0.25) is 0 Å². The first-order chi connectivity index (χ1) is 11.5. The van der Waals surface area contributed by atoms with E-state index in [1.807, 2.05) is 31.2 Å². The van der Waals surface area contributed by atoms with Gasteiger partial charge in [-0.1, -0.05) is 49.8 Å². The van der Waals surface area contributed by atoms with Gasteiger partial charge >= 0.3 is 6.11 Å². The van der Waals surface area contributed by atoms with Crippen LogP contribution >= 0.6 is 0 Å². The van der Waals surface area contributed by atoms with Gasteiger partial charge in [0.25, 0.3) is 0 Å². The molecule has 3 heteroatoms. The molecule has 0 heterocycles. The van der Waals surface area contributed by atoms with Crippen molar-refractivity contribution in [3.8, 4) is 0 Å². The van der Waals surface area contributed by atoms with Gasteiger partial charge < -0.3 is 4.74 Å². The second kappa shape index (κ2) is 9.31. The molecular formula is C21H30F2O. The summed E-state index contributed by atoms with van der Waals surface area (Å²) in [4.78, 5) is 0. The molecule has 0 radical (unpaired) electrons. The first-order valence-corrected chi connectivity index (χ1v) is 9.25. The maximum atomic E-state index is 14.1. The quantitative estimate of drug-likeness (QED) is 0.491. The van der Waals surface area contributed by atoms with Crippen molar-refractivity contribution in [3.05, 3.63) is 47.5 Å². The van der Waals surface area contributed by atoms with Crippen molar-refractivity contribution in [2.75, 3.05) is 0 Å². The lowest BCUT2D eigenvalue weighted by molar-refractivity contribution is -0.256. The van der Waals surface area contributed by atoms with Crippen LogP contribution in [-0.2, 0) is 17.8 Å². The Labute approximate surface area is 145 Å². The minimum Gasteiger partial charge on any atom is -0.316 e. The summed E-state index contributed by atoms with van der Waals surface area (Å²) in [5.74, 6) is 0.649. The Morgan fingerprint density at radius 1 is 1.08 bits per heavy atom. The molecule has 0 N–H and O–H groups in total. The van der Waals surface area contributed by atoms with Crippen LogP contribution in [0.15, 0.2) is 36.4 Å². The Morgan fingerprint density at radius 3 is 2.29 bits per heavy atom. The van der Waals surface area contributed by atoms with Crippen molar-refractivity contribution in [1.29, 1.82) is 0 Å². The Bertz CT molecular complexity index is 499. The third-order valence-corrected chi connectivity index (χ3v) is 4.89. The molecule has 1 aliphatic rings. The van der Waals surface area contributed by atoms with Gasteiger partial charge in [0.05, 0.1) is 6.61 Å². The molecule has 0 aliphatic heterocycles. The molecule has 0 amide bonds. The van der Waals surface area contributed by atoms with E-state index in [0.29, 0.717) is 5.92 Å². The third-order valence-electron chi connectivity index (χ3n) is 4.89. The largest absolute Gasteiger partial charge is 0.356 e. The van der Waals surface area contributed by atoms with Crippen LogP contribution in [0.5, 0.6) is 0 Å². The predicted octanol–water partition coefficient (Wildman–Crippen LogP) is 6.52. The summed E-state index contributed by atoms with van der Waals surface area (Å²) in [5.41, 5.74) is 2.05. The lowest BCUT2D eigenvalue weighted by atomic mass is 9.80. The number of hydrogen-bond donors (Lipinski definition) is 0. The molecule has 24 heavy (non-hydrogen) atoms. The van der Waals surface area contributed by atoms with Gasteiger partial charge in [-0.2, -0.15) is 8.78 Å². The second-order valence-corrected chi connectivity index (χ2v) is 7.00. The van der Waals surface area contributed by atoms with Gasteiger partial charge in [-0.05, 0) is 62.0 Å². The molecule has 134 valence electrons. The third kappa shape index (κ3) is 6.35. The molecule has 1 nitrogen and oxygen atoms in total. The van der Waals surface area contributed by atoms with E-state index in [2.05, 4.69) is 19.1 Å². The number of hydrogen-bond acceptors (Lipinski definition) is 1. The molecule has 0 saturated heterocycles. The number of rotatable bonds is 8. The van der Waals surface area contributed by atoms with E-state index in [0.717, 1.165) is 44.1 Å². The molecule has 1 aromatic rings. The average molecular weight is 336 g/mol. The SMILES string of the molecule is C/C=C/[C@H]1CC[C@H](CC(F)(F)OCc2ccc(CCC)cc2)CC1. The second-order valence-electron chi connectivity index (χ2n) is 7.00. The van der Waals surface area contributed by atoms with Gasteiger partial charge in [0, 0.05) is 6.42 Å². The fourth-order valence-corrected chi connectivity index (χ4v) is 3.53. The van der Waals surface area contributed by atoms with Crippen LogP contribution in [0, 0.1) is 11.8 Å². The van der Waals surface area contributed by atoms with E-state index in [-0.39, 0.29) is 18.9 Å². The summed E-state index contributed by atoms with van der Waals surface area (Å²) in [5, 5.41) is 0. The number of ether oxygens (including phenoxy) is 1. The summed E-state index contributed by atoms with van der Waals surface area (Å²) in [6, 6.07) is 7.79. The number of alkyl halides is 2. The molecule has 1 fully saturated rings. The number of halogens is 2. The van der Waals surface area contributed by atoms with Crippen molar-refractivity contribution >= 4 is 0 Å². The molecule has 0 bridgehead atoms. The molecular weight excluding hydrogens is 306 g/mol. The van der Waals surface area contributed by atoms with Gasteiger partial charge in [-0.15, -0.1) is 0 Å². The Hall–Kier alpha value is -1.22. The van der Waals surface area contributed by atoms with Crippen LogP contribution in [0.25, 0.3) is 0 Å². The fraction of sp³-hybridized carbons (Fsp3) is 0.619. The van der Waals surface area contributed by atoms with Crippen LogP contribution in [0.3, 0.4) is 0 Å². The fourth-order valence-electron chi connectivity index (χ4n) is 3.53. The molecule has 1 aromatic carbocycles. The van der Waals surface area contributed by atoms with Crippen molar-refractivity contribution in [1.82, 2.24) is 0 Å². The summed E-state index contributed by atoms with van der Waals surface area (Å²) in [7, 11) is 0. The molecule has 1 saturated carbocycles. The molecule has 2 rings (SSSR count). The highest BCUT2D eigenvalue weighted by Gasteiger charge is 2.35. The molecule has 1 aliphatic carbocycles. The van der Waals surface area contributed by atoms with Gasteiger partial charge in [-0.3, -0.25) is 0 Å². The van der Waals surface area contributed by atoms with Crippen molar-refractivity contribution < 1.29 is 13.5 Å². The van der Waals surface area contributed by atoms with E-state index in [9.17, 15) is 8.78 Å². The minimum atomic E-state index is -3.03. The summed E-state index contributed by atoms with van der Waals surface area (Å²) in [6.07, 6.45) is 6.98. The monoisotopic (exact) mass is 336 g/mol. The Morgan fingerprint density at radius 2 is 1.71 bits per heavy atom. The molecule has 0 unspecified atom stereocenters. The number of allylic oxidation sites excluding steroid dienone is 2. The lowest BCUT2D eigenvalue weighted by Gasteiger charge is -2.29. The van der Waals surface area contributed by atoms with Crippen LogP contribution < -0.4 is 0 Å². The van der Waals surface area contributed by atoms with Crippen molar-refractivity contribution in [2.24, 2.45) is 11.8 Å². The van der Waals surface area contributed by atoms with Gasteiger partial charge in [-0.25, -0.2) is 0 Å². The lowest BCUT2D eigenvalue weighted by Crippen LogP contribution is -2.26. The van der Waals surface area contributed by atoms with Crippen LogP contribution in [0.1, 0.15) is 63.5 Å². The summed E-state index contributed by atoms with van der Waals surface area (Å²) in [6.45, 7) is 4.12. The zero-order valence-corrected chi connectivity index (χ0v) is 14.9. The van der Waals surface area contributed by atoms with E-state index >= 15 is 0 Å². The van der Waals surface area contributed by atoms with E-state index in [1.165, 1.54) is 5.56 Å². The Balaban J connectivity index is 1.76. The highest BCUT2D eigenvalue weighted by Crippen LogP contribution is 2.37. The minimum absolute atomic E-state index is 0.0205. The predicted molar refractivity (Wildman–Crippen MR) is 95.1 cm³/mol. The van der Waals surface area contributed by atoms with Crippen LogP contribution in [0.4, 0.5) is 8.78 Å². The zero-order valence-electron chi connectivity index (χ0n) is 14.9. The van der Waals surface area contributed by atoms with Gasteiger partial charge in [0.1, 0.15) is 0 Å². The van der Waals surface area contributed by atoms with Crippen molar-refractivity contribution in [2.45, 2.75) is 71.5 Å². The Kier molecular flexibility index (Phi) is 7.41. The average Bonchev–Trinajstić information content (AvgIpc) is 2.56. The topological polar surface area (TPSA) is 9.23 Å².